The number of hydrogen-bond acceptors (Lipinski definition) is 5. The summed E-state index contributed by atoms with van der Waals surface area (Å²) in [5.41, 5.74) is 6.37. The topological polar surface area (TPSA) is 89.7 Å². The van der Waals surface area contributed by atoms with Crippen LogP contribution in [0.3, 0.4) is 0 Å². The number of likely N-dealkylation sites (N-methyl/N-ethyl adjacent to an activating group) is 1. The van der Waals surface area contributed by atoms with Crippen molar-refractivity contribution in [2.24, 2.45) is 11.7 Å². The minimum Gasteiger partial charge on any atom is -0.465 e. The number of nitrogens with two attached hydrogens (primary N) is 1. The molecule has 0 aliphatic heterocycles. The molecule has 1 atom stereocenters. The second-order valence-corrected chi connectivity index (χ2v) is 7.76. The minimum absolute atomic E-state index is 0.134. The zero-order chi connectivity index (χ0) is 17.6. The summed E-state index contributed by atoms with van der Waals surface area (Å²) in [7, 11) is -2.37. The van der Waals surface area contributed by atoms with E-state index in [0.717, 1.165) is 9.87 Å². The van der Waals surface area contributed by atoms with Gasteiger partial charge >= 0.3 is 5.97 Å². The Morgan fingerprint density at radius 1 is 1.26 bits per heavy atom. The maximum absolute atomic E-state index is 12.8. The molecule has 6 nitrogen and oxygen atoms in total. The number of carbonyl (C=O) groups is 1. The number of rotatable bonds is 8. The number of nitrogens with zero attached hydrogens (tertiary/aromatic N) is 1. The van der Waals surface area contributed by atoms with E-state index in [-0.39, 0.29) is 17.4 Å². The van der Waals surface area contributed by atoms with Crippen LogP contribution in [0.4, 0.5) is 0 Å². The fraction of sp³-hybridized carbons (Fsp3) is 0.562. The number of carbonyl (C=O) groups excluding carboxylic acids is 1. The van der Waals surface area contributed by atoms with Crippen molar-refractivity contribution < 1.29 is 17.9 Å². The molecule has 0 aromatic heterocycles. The molecule has 0 spiro atoms. The van der Waals surface area contributed by atoms with Gasteiger partial charge in [0.05, 0.1) is 11.5 Å². The zero-order valence-electron chi connectivity index (χ0n) is 14.2. The molecule has 0 fully saturated rings. The minimum atomic E-state index is -3.78. The molecule has 1 aromatic carbocycles. The second kappa shape index (κ2) is 8.42. The normalized spacial score (nSPS) is 13.3. The molecule has 23 heavy (non-hydrogen) atoms. The van der Waals surface area contributed by atoms with E-state index < -0.39 is 22.0 Å². The summed E-state index contributed by atoms with van der Waals surface area (Å²) in [6.45, 7) is 6.12. The predicted octanol–water partition coefficient (Wildman–Crippen LogP) is 1.74. The van der Waals surface area contributed by atoms with Gasteiger partial charge in [0.1, 0.15) is 6.04 Å². The molecule has 0 radical (unpaired) electrons. The van der Waals surface area contributed by atoms with Crippen LogP contribution in [0, 0.1) is 5.92 Å². The lowest BCUT2D eigenvalue weighted by molar-refractivity contribution is -0.147. The molecule has 130 valence electrons. The van der Waals surface area contributed by atoms with E-state index in [1.54, 1.807) is 19.1 Å². The van der Waals surface area contributed by atoms with Gasteiger partial charge in [-0.3, -0.25) is 4.79 Å². The smallest absolute Gasteiger partial charge is 0.324 e. The van der Waals surface area contributed by atoms with Crippen LogP contribution in [0.15, 0.2) is 29.2 Å². The Morgan fingerprint density at radius 3 is 2.26 bits per heavy atom. The summed E-state index contributed by atoms with van der Waals surface area (Å²) in [6.07, 6.45) is 0.398. The maximum atomic E-state index is 12.8. The van der Waals surface area contributed by atoms with Crippen LogP contribution in [0.25, 0.3) is 0 Å². The Kier molecular flexibility index (Phi) is 7.18. The van der Waals surface area contributed by atoms with Crippen molar-refractivity contribution >= 4 is 16.0 Å². The fourth-order valence-corrected chi connectivity index (χ4v) is 3.53. The highest BCUT2D eigenvalue weighted by molar-refractivity contribution is 7.89. The summed E-state index contributed by atoms with van der Waals surface area (Å²) in [4.78, 5) is 12.3. The van der Waals surface area contributed by atoms with Crippen LogP contribution in [0.2, 0.25) is 0 Å². The number of hydrogen-bond donors (Lipinski definition) is 1. The molecule has 0 aliphatic rings. The lowest BCUT2D eigenvalue weighted by atomic mass is 10.0. The summed E-state index contributed by atoms with van der Waals surface area (Å²) in [5.74, 6) is -0.368. The highest BCUT2D eigenvalue weighted by Gasteiger charge is 2.34. The van der Waals surface area contributed by atoms with E-state index >= 15 is 0 Å². The van der Waals surface area contributed by atoms with E-state index in [2.05, 4.69) is 0 Å². The molecule has 7 heteroatoms. The number of benzene rings is 1. The van der Waals surface area contributed by atoms with E-state index in [0.29, 0.717) is 13.0 Å². The third kappa shape index (κ3) is 5.02. The molecule has 0 bridgehead atoms. The Morgan fingerprint density at radius 2 is 1.83 bits per heavy atom. The van der Waals surface area contributed by atoms with E-state index in [4.69, 9.17) is 10.5 Å². The standard InChI is InChI=1S/C16H26N2O4S/c1-5-22-16(19)15(10-12(2)3)18(4)23(20,21)14-8-6-13(11-17)7-9-14/h6-9,12,15H,5,10-11,17H2,1-4H3. The van der Waals surface area contributed by atoms with Crippen molar-refractivity contribution in [2.45, 2.75) is 44.7 Å². The van der Waals surface area contributed by atoms with Gasteiger partial charge in [-0.05, 0) is 37.0 Å². The summed E-state index contributed by atoms with van der Waals surface area (Å²) < 4.78 is 31.6. The van der Waals surface area contributed by atoms with Gasteiger partial charge < -0.3 is 10.5 Å². The summed E-state index contributed by atoms with van der Waals surface area (Å²) in [5, 5.41) is 0. The Hall–Kier alpha value is -1.44. The molecule has 1 unspecified atom stereocenters. The quantitative estimate of drug-likeness (QED) is 0.727. The molecule has 1 rings (SSSR count). The van der Waals surface area contributed by atoms with Crippen molar-refractivity contribution in [1.82, 2.24) is 4.31 Å². The highest BCUT2D eigenvalue weighted by Crippen LogP contribution is 2.21. The van der Waals surface area contributed by atoms with Crippen LogP contribution in [-0.2, 0) is 26.1 Å². The van der Waals surface area contributed by atoms with Crippen LogP contribution < -0.4 is 5.73 Å². The van der Waals surface area contributed by atoms with E-state index in [1.165, 1.54) is 19.2 Å². The maximum Gasteiger partial charge on any atom is 0.324 e. The Labute approximate surface area is 138 Å². The van der Waals surface area contributed by atoms with Crippen molar-refractivity contribution in [2.75, 3.05) is 13.7 Å². The Balaban J connectivity index is 3.12. The molecule has 0 saturated heterocycles. The SMILES string of the molecule is CCOC(=O)C(CC(C)C)N(C)S(=O)(=O)c1ccc(CN)cc1. The van der Waals surface area contributed by atoms with Crippen LogP contribution in [-0.4, -0.2) is 38.4 Å². The van der Waals surface area contributed by atoms with Gasteiger partial charge in [0.25, 0.3) is 0 Å². The van der Waals surface area contributed by atoms with Crippen molar-refractivity contribution in [3.63, 3.8) is 0 Å². The number of sulfonamides is 1. The van der Waals surface area contributed by atoms with Crippen LogP contribution >= 0.6 is 0 Å². The van der Waals surface area contributed by atoms with E-state index in [1.807, 2.05) is 13.8 Å². The molecule has 0 heterocycles. The third-order valence-electron chi connectivity index (χ3n) is 3.53. The van der Waals surface area contributed by atoms with E-state index in [9.17, 15) is 13.2 Å². The zero-order valence-corrected chi connectivity index (χ0v) is 15.0. The van der Waals surface area contributed by atoms with Gasteiger partial charge in [0.15, 0.2) is 0 Å². The van der Waals surface area contributed by atoms with Gasteiger partial charge in [-0.1, -0.05) is 26.0 Å². The van der Waals surface area contributed by atoms with Gasteiger partial charge in [0.2, 0.25) is 10.0 Å². The number of esters is 1. The van der Waals surface area contributed by atoms with Gasteiger partial charge in [-0.2, -0.15) is 4.31 Å². The summed E-state index contributed by atoms with van der Waals surface area (Å²) in [6, 6.07) is 5.51. The molecule has 0 aliphatic carbocycles. The third-order valence-corrected chi connectivity index (χ3v) is 5.41. The fourth-order valence-electron chi connectivity index (χ4n) is 2.21. The van der Waals surface area contributed by atoms with Crippen LogP contribution in [0.1, 0.15) is 32.8 Å². The van der Waals surface area contributed by atoms with Gasteiger partial charge in [0, 0.05) is 13.6 Å². The first-order valence-electron chi connectivity index (χ1n) is 7.67. The van der Waals surface area contributed by atoms with Gasteiger partial charge in [-0.25, -0.2) is 8.42 Å². The summed E-state index contributed by atoms with van der Waals surface area (Å²) >= 11 is 0. The molecule has 0 saturated carbocycles. The molecular formula is C16H26N2O4S. The molecular weight excluding hydrogens is 316 g/mol. The average molecular weight is 342 g/mol. The number of ether oxygens (including phenoxy) is 1. The first-order valence-corrected chi connectivity index (χ1v) is 9.11. The largest absolute Gasteiger partial charge is 0.465 e. The molecule has 2 N–H and O–H groups in total. The predicted molar refractivity (Wildman–Crippen MR) is 89.2 cm³/mol. The monoisotopic (exact) mass is 342 g/mol. The average Bonchev–Trinajstić information content (AvgIpc) is 2.52. The van der Waals surface area contributed by atoms with Crippen LogP contribution in [0.5, 0.6) is 0 Å². The highest BCUT2D eigenvalue weighted by atomic mass is 32.2. The Bertz CT molecular complexity index is 611. The lowest BCUT2D eigenvalue weighted by Crippen LogP contribution is -2.44. The first kappa shape index (κ1) is 19.6. The molecule has 1 aromatic rings. The van der Waals surface area contributed by atoms with Crippen molar-refractivity contribution in [1.29, 1.82) is 0 Å². The van der Waals surface area contributed by atoms with Crippen molar-refractivity contribution in [3.8, 4) is 0 Å². The van der Waals surface area contributed by atoms with Crippen molar-refractivity contribution in [3.05, 3.63) is 29.8 Å². The lowest BCUT2D eigenvalue weighted by Gasteiger charge is -2.27. The first-order chi connectivity index (χ1) is 10.7. The second-order valence-electron chi connectivity index (χ2n) is 5.77. The molecule has 0 amide bonds. The van der Waals surface area contributed by atoms with Gasteiger partial charge in [-0.15, -0.1) is 0 Å².